The number of nitrogens with zero attached hydrogens (tertiary/aromatic N) is 2. The Morgan fingerprint density at radius 2 is 1.74 bits per heavy atom. The second-order valence-electron chi connectivity index (χ2n) is 5.69. The zero-order valence-corrected chi connectivity index (χ0v) is 15.1. The van der Waals surface area contributed by atoms with Gasteiger partial charge in [0, 0.05) is 42.0 Å². The van der Waals surface area contributed by atoms with Gasteiger partial charge in [0.25, 0.3) is 0 Å². The number of carbonyl (C=O) groups is 1. The molecular weight excluding hydrogens is 401 g/mol. The lowest BCUT2D eigenvalue weighted by atomic mass is 10.2. The van der Waals surface area contributed by atoms with Crippen molar-refractivity contribution in [3.8, 4) is 0 Å². The highest BCUT2D eigenvalue weighted by molar-refractivity contribution is 14.1. The molecule has 0 unspecified atom stereocenters. The number of benzene rings is 2. The minimum Gasteiger partial charge on any atom is -0.322 e. The first-order chi connectivity index (χ1) is 11.2. The van der Waals surface area contributed by atoms with Crippen LogP contribution in [0.3, 0.4) is 0 Å². The van der Waals surface area contributed by atoms with Crippen molar-refractivity contribution in [2.24, 2.45) is 0 Å². The summed E-state index contributed by atoms with van der Waals surface area (Å²) in [6.07, 6.45) is 0. The van der Waals surface area contributed by atoms with Crippen LogP contribution in [-0.4, -0.2) is 42.0 Å². The number of hydrogen-bond donors (Lipinski definition) is 1. The number of urea groups is 1. The zero-order valence-electron chi connectivity index (χ0n) is 12.9. The Balaban J connectivity index is 1.49. The Hall–Kier alpha value is -1.60. The molecule has 1 saturated heterocycles. The van der Waals surface area contributed by atoms with E-state index in [1.807, 2.05) is 35.2 Å². The van der Waals surface area contributed by atoms with E-state index in [1.54, 1.807) is 0 Å². The number of amides is 2. The molecular formula is C18H20IN3O. The molecule has 0 aliphatic carbocycles. The quantitative estimate of drug-likeness (QED) is 0.769. The van der Waals surface area contributed by atoms with E-state index < -0.39 is 0 Å². The third-order valence-corrected chi connectivity index (χ3v) is 4.66. The van der Waals surface area contributed by atoms with Crippen LogP contribution < -0.4 is 5.32 Å². The van der Waals surface area contributed by atoms with E-state index in [0.717, 1.165) is 42.0 Å². The van der Waals surface area contributed by atoms with Crippen molar-refractivity contribution in [2.45, 2.75) is 6.54 Å². The summed E-state index contributed by atoms with van der Waals surface area (Å²) in [7, 11) is 0. The number of anilines is 1. The van der Waals surface area contributed by atoms with Gasteiger partial charge in [-0.2, -0.15) is 0 Å². The maximum absolute atomic E-state index is 12.3. The van der Waals surface area contributed by atoms with Gasteiger partial charge in [0.15, 0.2) is 0 Å². The van der Waals surface area contributed by atoms with Gasteiger partial charge in [-0.05, 0) is 46.4 Å². The van der Waals surface area contributed by atoms with Crippen molar-refractivity contribution in [2.75, 3.05) is 31.5 Å². The van der Waals surface area contributed by atoms with Crippen LogP contribution in [0.25, 0.3) is 0 Å². The summed E-state index contributed by atoms with van der Waals surface area (Å²) < 4.78 is 1.12. The van der Waals surface area contributed by atoms with E-state index in [1.165, 1.54) is 5.56 Å². The van der Waals surface area contributed by atoms with Crippen LogP contribution in [0.2, 0.25) is 0 Å². The smallest absolute Gasteiger partial charge is 0.321 e. The van der Waals surface area contributed by atoms with Gasteiger partial charge in [-0.3, -0.25) is 4.90 Å². The van der Waals surface area contributed by atoms with E-state index in [4.69, 9.17) is 0 Å². The number of rotatable bonds is 3. The first-order valence-corrected chi connectivity index (χ1v) is 8.86. The maximum atomic E-state index is 12.3. The van der Waals surface area contributed by atoms with Crippen molar-refractivity contribution in [3.63, 3.8) is 0 Å². The second-order valence-corrected chi connectivity index (χ2v) is 6.93. The highest BCUT2D eigenvalue weighted by Crippen LogP contribution is 2.14. The van der Waals surface area contributed by atoms with E-state index in [9.17, 15) is 4.79 Å². The summed E-state index contributed by atoms with van der Waals surface area (Å²) in [5, 5.41) is 2.98. The molecule has 2 aromatic carbocycles. The minimum atomic E-state index is -0.00800. The van der Waals surface area contributed by atoms with Crippen LogP contribution in [0, 0.1) is 3.57 Å². The molecule has 5 heteroatoms. The van der Waals surface area contributed by atoms with Crippen molar-refractivity contribution >= 4 is 34.3 Å². The molecule has 1 aliphatic heterocycles. The Morgan fingerprint density at radius 1 is 1.00 bits per heavy atom. The van der Waals surface area contributed by atoms with Crippen molar-refractivity contribution in [1.82, 2.24) is 9.80 Å². The summed E-state index contributed by atoms with van der Waals surface area (Å²) >= 11 is 2.25. The number of piperazine rings is 1. The Bertz CT molecular complexity index is 654. The van der Waals surface area contributed by atoms with E-state index in [0.29, 0.717) is 0 Å². The summed E-state index contributed by atoms with van der Waals surface area (Å²) in [6.45, 7) is 4.31. The molecule has 1 aliphatic rings. The van der Waals surface area contributed by atoms with Gasteiger partial charge in [-0.1, -0.05) is 36.4 Å². The number of halogens is 1. The number of nitrogens with one attached hydrogen (secondary N) is 1. The van der Waals surface area contributed by atoms with Crippen molar-refractivity contribution < 1.29 is 4.79 Å². The Labute approximate surface area is 150 Å². The molecule has 0 atom stereocenters. The summed E-state index contributed by atoms with van der Waals surface area (Å²) in [5.41, 5.74) is 2.18. The zero-order chi connectivity index (χ0) is 16.1. The monoisotopic (exact) mass is 421 g/mol. The Morgan fingerprint density at radius 3 is 2.43 bits per heavy atom. The van der Waals surface area contributed by atoms with Crippen LogP contribution in [0.1, 0.15) is 5.56 Å². The van der Waals surface area contributed by atoms with Gasteiger partial charge in [0.1, 0.15) is 0 Å². The van der Waals surface area contributed by atoms with Gasteiger partial charge < -0.3 is 10.2 Å². The fourth-order valence-corrected chi connectivity index (χ4v) is 3.26. The molecule has 0 saturated carbocycles. The number of carbonyl (C=O) groups excluding carboxylic acids is 1. The molecule has 1 heterocycles. The van der Waals surface area contributed by atoms with E-state index in [2.05, 4.69) is 57.1 Å². The summed E-state index contributed by atoms with van der Waals surface area (Å²) in [5.74, 6) is 0. The molecule has 1 N–H and O–H groups in total. The molecule has 23 heavy (non-hydrogen) atoms. The van der Waals surface area contributed by atoms with Gasteiger partial charge in [-0.25, -0.2) is 4.79 Å². The van der Waals surface area contributed by atoms with Gasteiger partial charge in [0.05, 0.1) is 0 Å². The van der Waals surface area contributed by atoms with Gasteiger partial charge in [0.2, 0.25) is 0 Å². The molecule has 3 rings (SSSR count). The molecule has 0 spiro atoms. The molecule has 4 nitrogen and oxygen atoms in total. The highest BCUT2D eigenvalue weighted by atomic mass is 127. The minimum absolute atomic E-state index is 0.00800. The van der Waals surface area contributed by atoms with E-state index >= 15 is 0 Å². The number of hydrogen-bond acceptors (Lipinski definition) is 2. The lowest BCUT2D eigenvalue weighted by molar-refractivity contribution is 0.143. The molecule has 2 amide bonds. The summed E-state index contributed by atoms with van der Waals surface area (Å²) in [6, 6.07) is 18.3. The van der Waals surface area contributed by atoms with Crippen molar-refractivity contribution in [1.29, 1.82) is 0 Å². The van der Waals surface area contributed by atoms with Crippen LogP contribution >= 0.6 is 22.6 Å². The lowest BCUT2D eigenvalue weighted by Crippen LogP contribution is -2.49. The highest BCUT2D eigenvalue weighted by Gasteiger charge is 2.21. The van der Waals surface area contributed by atoms with Gasteiger partial charge in [-0.15, -0.1) is 0 Å². The average molecular weight is 421 g/mol. The average Bonchev–Trinajstić information content (AvgIpc) is 2.56. The first-order valence-electron chi connectivity index (χ1n) is 7.78. The van der Waals surface area contributed by atoms with E-state index in [-0.39, 0.29) is 6.03 Å². The SMILES string of the molecule is O=C(Nc1cccc(I)c1)N1CCN(Cc2ccccc2)CC1. The largest absolute Gasteiger partial charge is 0.322 e. The van der Waals surface area contributed by atoms with Crippen molar-refractivity contribution in [3.05, 3.63) is 63.7 Å². The first kappa shape index (κ1) is 16.3. The lowest BCUT2D eigenvalue weighted by Gasteiger charge is -2.34. The van der Waals surface area contributed by atoms with Crippen LogP contribution in [0.4, 0.5) is 10.5 Å². The Kier molecular flexibility index (Phi) is 5.51. The van der Waals surface area contributed by atoms with Gasteiger partial charge >= 0.3 is 6.03 Å². The standard InChI is InChI=1S/C18H20IN3O/c19-16-7-4-8-17(13-16)20-18(23)22-11-9-21(10-12-22)14-15-5-2-1-3-6-15/h1-8,13H,9-12,14H2,(H,20,23). The molecule has 0 aromatic heterocycles. The van der Waals surface area contributed by atoms with Crippen LogP contribution in [0.5, 0.6) is 0 Å². The molecule has 1 fully saturated rings. The third-order valence-electron chi connectivity index (χ3n) is 3.98. The molecule has 2 aromatic rings. The predicted octanol–water partition coefficient (Wildman–Crippen LogP) is 3.64. The maximum Gasteiger partial charge on any atom is 0.321 e. The van der Waals surface area contributed by atoms with Crippen LogP contribution in [0.15, 0.2) is 54.6 Å². The normalized spacial score (nSPS) is 15.4. The molecule has 0 radical (unpaired) electrons. The molecule has 0 bridgehead atoms. The third kappa shape index (κ3) is 4.68. The topological polar surface area (TPSA) is 35.6 Å². The predicted molar refractivity (Wildman–Crippen MR) is 101 cm³/mol. The van der Waals surface area contributed by atoms with Crippen LogP contribution in [-0.2, 0) is 6.54 Å². The fourth-order valence-electron chi connectivity index (χ4n) is 2.72. The molecule has 120 valence electrons. The fraction of sp³-hybridized carbons (Fsp3) is 0.278. The second kappa shape index (κ2) is 7.79. The summed E-state index contributed by atoms with van der Waals surface area (Å²) in [4.78, 5) is 16.6.